The Balaban J connectivity index is 1.38. The molecular weight excluding hydrogens is 386 g/mol. The predicted octanol–water partition coefficient (Wildman–Crippen LogP) is 4.47. The van der Waals surface area contributed by atoms with Crippen LogP contribution in [0, 0.1) is 0 Å². The minimum absolute atomic E-state index is 0.0763. The molecule has 3 rings (SSSR count). The SMILES string of the molecule is O=C(CCCNC(=O)c1ccc(Cl)cc1)Nc1ccc(Cc2ccncc2)cc1. The molecule has 5 nitrogen and oxygen atoms in total. The van der Waals surface area contributed by atoms with Gasteiger partial charge < -0.3 is 10.6 Å². The van der Waals surface area contributed by atoms with Crippen molar-refractivity contribution in [1.82, 2.24) is 10.3 Å². The first-order valence-electron chi connectivity index (χ1n) is 9.41. The van der Waals surface area contributed by atoms with Crippen molar-refractivity contribution >= 4 is 29.1 Å². The molecule has 1 heterocycles. The fraction of sp³-hybridized carbons (Fsp3) is 0.174. The number of nitrogens with one attached hydrogen (secondary N) is 2. The van der Waals surface area contributed by atoms with Crippen molar-refractivity contribution in [2.24, 2.45) is 0 Å². The Morgan fingerprint density at radius 1 is 0.862 bits per heavy atom. The van der Waals surface area contributed by atoms with Gasteiger partial charge in [0.2, 0.25) is 5.91 Å². The zero-order valence-corrected chi connectivity index (χ0v) is 16.7. The lowest BCUT2D eigenvalue weighted by Crippen LogP contribution is -2.25. The molecule has 29 heavy (non-hydrogen) atoms. The number of aromatic nitrogens is 1. The van der Waals surface area contributed by atoms with Crippen LogP contribution in [0.3, 0.4) is 0 Å². The van der Waals surface area contributed by atoms with Crippen molar-refractivity contribution < 1.29 is 9.59 Å². The molecule has 0 bridgehead atoms. The van der Waals surface area contributed by atoms with Crippen molar-refractivity contribution in [1.29, 1.82) is 0 Å². The molecule has 0 aliphatic rings. The Hall–Kier alpha value is -3.18. The summed E-state index contributed by atoms with van der Waals surface area (Å²) in [5.74, 6) is -0.250. The first-order valence-corrected chi connectivity index (χ1v) is 9.79. The number of nitrogens with zero attached hydrogens (tertiary/aromatic N) is 1. The van der Waals surface area contributed by atoms with E-state index in [4.69, 9.17) is 11.6 Å². The minimum atomic E-state index is -0.174. The molecule has 6 heteroatoms. The normalized spacial score (nSPS) is 10.4. The van der Waals surface area contributed by atoms with Gasteiger partial charge in [0.1, 0.15) is 0 Å². The molecule has 3 aromatic rings. The Morgan fingerprint density at radius 3 is 2.21 bits per heavy atom. The lowest BCUT2D eigenvalue weighted by Gasteiger charge is -2.08. The number of anilines is 1. The zero-order chi connectivity index (χ0) is 20.5. The van der Waals surface area contributed by atoms with E-state index in [2.05, 4.69) is 15.6 Å². The molecule has 0 spiro atoms. The zero-order valence-electron chi connectivity index (χ0n) is 15.9. The average molecular weight is 408 g/mol. The van der Waals surface area contributed by atoms with E-state index in [1.54, 1.807) is 36.7 Å². The average Bonchev–Trinajstić information content (AvgIpc) is 2.74. The first-order chi connectivity index (χ1) is 14.1. The summed E-state index contributed by atoms with van der Waals surface area (Å²) in [7, 11) is 0. The third-order valence-corrected chi connectivity index (χ3v) is 4.62. The maximum Gasteiger partial charge on any atom is 0.251 e. The van der Waals surface area contributed by atoms with Gasteiger partial charge >= 0.3 is 0 Å². The number of benzene rings is 2. The molecule has 2 N–H and O–H groups in total. The molecule has 0 fully saturated rings. The van der Waals surface area contributed by atoms with Crippen LogP contribution in [0.25, 0.3) is 0 Å². The Morgan fingerprint density at radius 2 is 1.52 bits per heavy atom. The summed E-state index contributed by atoms with van der Waals surface area (Å²) in [6, 6.07) is 18.5. The maximum absolute atomic E-state index is 12.1. The van der Waals surface area contributed by atoms with Crippen molar-refractivity contribution in [3.05, 3.63) is 94.8 Å². The van der Waals surface area contributed by atoms with E-state index in [9.17, 15) is 9.59 Å². The van der Waals surface area contributed by atoms with Crippen LogP contribution >= 0.6 is 11.6 Å². The molecule has 1 aromatic heterocycles. The van der Waals surface area contributed by atoms with Crippen molar-refractivity contribution in [3.8, 4) is 0 Å². The number of carbonyl (C=O) groups excluding carboxylic acids is 2. The summed E-state index contributed by atoms with van der Waals surface area (Å²) in [6.45, 7) is 0.430. The van der Waals surface area contributed by atoms with Crippen LogP contribution in [-0.4, -0.2) is 23.3 Å². The maximum atomic E-state index is 12.1. The van der Waals surface area contributed by atoms with E-state index in [0.29, 0.717) is 30.0 Å². The van der Waals surface area contributed by atoms with E-state index in [1.807, 2.05) is 36.4 Å². The first kappa shape index (κ1) is 20.6. The number of hydrogen-bond donors (Lipinski definition) is 2. The molecule has 2 aromatic carbocycles. The predicted molar refractivity (Wildman–Crippen MR) is 115 cm³/mol. The van der Waals surface area contributed by atoms with Crippen LogP contribution in [0.2, 0.25) is 5.02 Å². The lowest BCUT2D eigenvalue weighted by atomic mass is 10.1. The molecule has 0 saturated heterocycles. The summed E-state index contributed by atoms with van der Waals surface area (Å²) >= 11 is 5.81. The number of halogens is 1. The Kier molecular flexibility index (Phi) is 7.36. The van der Waals surface area contributed by atoms with Gasteiger partial charge in [-0.05, 0) is 72.5 Å². The summed E-state index contributed by atoms with van der Waals surface area (Å²) < 4.78 is 0. The van der Waals surface area contributed by atoms with Crippen LogP contribution in [0.4, 0.5) is 5.69 Å². The monoisotopic (exact) mass is 407 g/mol. The van der Waals surface area contributed by atoms with Crippen molar-refractivity contribution in [3.63, 3.8) is 0 Å². The van der Waals surface area contributed by atoms with Crippen LogP contribution < -0.4 is 10.6 Å². The van der Waals surface area contributed by atoms with Gasteiger partial charge in [0.05, 0.1) is 0 Å². The van der Waals surface area contributed by atoms with Gasteiger partial charge in [0.25, 0.3) is 5.91 Å². The summed E-state index contributed by atoms with van der Waals surface area (Å²) in [6.07, 6.45) is 5.28. The number of pyridine rings is 1. The lowest BCUT2D eigenvalue weighted by molar-refractivity contribution is -0.116. The third kappa shape index (κ3) is 6.73. The van der Waals surface area contributed by atoms with Crippen molar-refractivity contribution in [2.75, 3.05) is 11.9 Å². The van der Waals surface area contributed by atoms with E-state index in [1.165, 1.54) is 11.1 Å². The quantitative estimate of drug-likeness (QED) is 0.541. The third-order valence-electron chi connectivity index (χ3n) is 4.37. The molecule has 148 valence electrons. The highest BCUT2D eigenvalue weighted by Gasteiger charge is 2.06. The van der Waals surface area contributed by atoms with Crippen molar-refractivity contribution in [2.45, 2.75) is 19.3 Å². The van der Waals surface area contributed by atoms with E-state index < -0.39 is 0 Å². The number of amides is 2. The van der Waals surface area contributed by atoms with Gasteiger partial charge in [-0.25, -0.2) is 0 Å². The van der Waals surface area contributed by atoms with Gasteiger partial charge in [-0.1, -0.05) is 23.7 Å². The van der Waals surface area contributed by atoms with E-state index in [0.717, 1.165) is 12.1 Å². The van der Waals surface area contributed by atoms with Gasteiger partial charge in [-0.15, -0.1) is 0 Å². The second-order valence-electron chi connectivity index (χ2n) is 6.64. The summed E-state index contributed by atoms with van der Waals surface area (Å²) in [5, 5.41) is 6.27. The molecular formula is C23H22ClN3O2. The van der Waals surface area contributed by atoms with Gasteiger partial charge in [-0.2, -0.15) is 0 Å². The molecule has 0 aliphatic heterocycles. The van der Waals surface area contributed by atoms with Crippen LogP contribution in [0.15, 0.2) is 73.1 Å². The molecule has 0 atom stereocenters. The molecule has 0 saturated carbocycles. The van der Waals surface area contributed by atoms with Gasteiger partial charge in [0.15, 0.2) is 0 Å². The second kappa shape index (κ2) is 10.4. The van der Waals surface area contributed by atoms with Gasteiger partial charge in [0, 0.05) is 41.6 Å². The molecule has 2 amide bonds. The summed E-state index contributed by atoms with van der Waals surface area (Å²) in [5.41, 5.74) is 3.67. The molecule has 0 aliphatic carbocycles. The molecule has 0 radical (unpaired) electrons. The minimum Gasteiger partial charge on any atom is -0.352 e. The number of hydrogen-bond acceptors (Lipinski definition) is 3. The van der Waals surface area contributed by atoms with E-state index >= 15 is 0 Å². The highest BCUT2D eigenvalue weighted by Crippen LogP contribution is 2.14. The Bertz CT molecular complexity index is 942. The highest BCUT2D eigenvalue weighted by atomic mass is 35.5. The van der Waals surface area contributed by atoms with Crippen LogP contribution in [0.1, 0.15) is 34.3 Å². The molecule has 0 unspecified atom stereocenters. The highest BCUT2D eigenvalue weighted by molar-refractivity contribution is 6.30. The number of carbonyl (C=O) groups is 2. The van der Waals surface area contributed by atoms with E-state index in [-0.39, 0.29) is 11.8 Å². The number of rotatable bonds is 8. The smallest absolute Gasteiger partial charge is 0.251 e. The largest absolute Gasteiger partial charge is 0.352 e. The van der Waals surface area contributed by atoms with Crippen LogP contribution in [0.5, 0.6) is 0 Å². The second-order valence-corrected chi connectivity index (χ2v) is 7.08. The topological polar surface area (TPSA) is 71.1 Å². The standard InChI is InChI=1S/C23H22ClN3O2/c24-20-7-5-19(6-8-20)23(29)26-13-1-2-22(28)27-21-9-3-17(4-10-21)16-18-11-14-25-15-12-18/h3-12,14-15H,1-2,13,16H2,(H,26,29)(H,27,28). The van der Waals surface area contributed by atoms with Crippen LogP contribution in [-0.2, 0) is 11.2 Å². The van der Waals surface area contributed by atoms with Gasteiger partial charge in [-0.3, -0.25) is 14.6 Å². The Labute approximate surface area is 175 Å². The fourth-order valence-electron chi connectivity index (χ4n) is 2.82. The summed E-state index contributed by atoms with van der Waals surface area (Å²) in [4.78, 5) is 28.1. The fourth-order valence-corrected chi connectivity index (χ4v) is 2.95.